The molecule has 0 spiro atoms. The van der Waals surface area contributed by atoms with Crippen LogP contribution in [0.1, 0.15) is 6.42 Å². The number of rotatable bonds is 10. The van der Waals surface area contributed by atoms with E-state index in [4.69, 9.17) is 14.9 Å². The molecule has 0 saturated heterocycles. The molecule has 0 atom stereocenters. The Kier molecular flexibility index (Phi) is 7.06. The molecule has 1 heterocycles. The summed E-state index contributed by atoms with van der Waals surface area (Å²) in [4.78, 5) is 6.42. The number of hydrogen-bond acceptors (Lipinski definition) is 6. The number of anilines is 1. The van der Waals surface area contributed by atoms with Crippen LogP contribution >= 0.6 is 0 Å². The lowest BCUT2D eigenvalue weighted by Crippen LogP contribution is -2.31. The zero-order chi connectivity index (χ0) is 16.5. The average Bonchev–Trinajstić information content (AvgIpc) is 2.58. The smallest absolute Gasteiger partial charge is 0.121 e. The van der Waals surface area contributed by atoms with Gasteiger partial charge in [-0.25, -0.2) is 0 Å². The van der Waals surface area contributed by atoms with Crippen LogP contribution in [-0.2, 0) is 0 Å². The number of benzene rings is 1. The van der Waals surface area contributed by atoms with Crippen molar-refractivity contribution >= 4 is 16.6 Å². The monoisotopic (exact) mass is 319 g/mol. The third-order valence-corrected chi connectivity index (χ3v) is 3.75. The van der Waals surface area contributed by atoms with Crippen molar-refractivity contribution in [2.24, 2.45) is 0 Å². The van der Waals surface area contributed by atoms with Gasteiger partial charge >= 0.3 is 0 Å². The maximum absolute atomic E-state index is 9.00. The van der Waals surface area contributed by atoms with E-state index in [2.05, 4.69) is 15.2 Å². The predicted octanol–water partition coefficient (Wildman–Crippen LogP) is 1.33. The molecule has 0 aliphatic heterocycles. The number of nitrogens with one attached hydrogen (secondary N) is 1. The standard InChI is InChI=1S/C17H25N3O3/c1-23-14-3-4-15-16(5-7-19-17(15)13-14)18-6-2-8-20(9-11-21)10-12-22/h3-5,7,13,21-22H,2,6,8-12H2,1H3,(H,18,19). The maximum atomic E-state index is 9.00. The summed E-state index contributed by atoms with van der Waals surface area (Å²) in [5.41, 5.74) is 1.95. The number of hydrogen-bond donors (Lipinski definition) is 3. The lowest BCUT2D eigenvalue weighted by atomic mass is 10.1. The van der Waals surface area contributed by atoms with Crippen LogP contribution < -0.4 is 10.1 Å². The van der Waals surface area contributed by atoms with Crippen molar-refractivity contribution in [2.75, 3.05) is 51.8 Å². The van der Waals surface area contributed by atoms with Crippen LogP contribution in [0.25, 0.3) is 10.9 Å². The quantitative estimate of drug-likeness (QED) is 0.574. The van der Waals surface area contributed by atoms with Gasteiger partial charge in [0.15, 0.2) is 0 Å². The fourth-order valence-electron chi connectivity index (χ4n) is 2.55. The molecule has 1 aromatic carbocycles. The van der Waals surface area contributed by atoms with Gasteiger partial charge in [0.25, 0.3) is 0 Å². The first-order valence-corrected chi connectivity index (χ1v) is 7.89. The second-order valence-corrected chi connectivity index (χ2v) is 5.31. The summed E-state index contributed by atoms with van der Waals surface area (Å²) in [6, 6.07) is 7.82. The lowest BCUT2D eigenvalue weighted by Gasteiger charge is -2.20. The Morgan fingerprint density at radius 1 is 1.13 bits per heavy atom. The minimum absolute atomic E-state index is 0.115. The van der Waals surface area contributed by atoms with E-state index in [0.717, 1.165) is 41.9 Å². The highest BCUT2D eigenvalue weighted by molar-refractivity contribution is 5.91. The summed E-state index contributed by atoms with van der Waals surface area (Å²) in [6.45, 7) is 3.08. The van der Waals surface area contributed by atoms with Gasteiger partial charge in [0.1, 0.15) is 5.75 Å². The molecule has 0 unspecified atom stereocenters. The van der Waals surface area contributed by atoms with Gasteiger partial charge in [0, 0.05) is 43.0 Å². The van der Waals surface area contributed by atoms with Crippen molar-refractivity contribution in [1.29, 1.82) is 0 Å². The molecule has 126 valence electrons. The predicted molar refractivity (Wildman–Crippen MR) is 92.0 cm³/mol. The Hall–Kier alpha value is -1.89. The number of nitrogens with zero attached hydrogens (tertiary/aromatic N) is 2. The molecule has 0 radical (unpaired) electrons. The number of aliphatic hydroxyl groups excluding tert-OH is 2. The highest BCUT2D eigenvalue weighted by Gasteiger charge is 2.05. The maximum Gasteiger partial charge on any atom is 0.121 e. The largest absolute Gasteiger partial charge is 0.497 e. The summed E-state index contributed by atoms with van der Waals surface area (Å²) in [7, 11) is 1.65. The summed E-state index contributed by atoms with van der Waals surface area (Å²) >= 11 is 0. The Morgan fingerprint density at radius 2 is 1.91 bits per heavy atom. The van der Waals surface area contributed by atoms with E-state index in [0.29, 0.717) is 13.1 Å². The summed E-state index contributed by atoms with van der Waals surface area (Å²) in [5.74, 6) is 0.797. The first-order valence-electron chi connectivity index (χ1n) is 7.89. The Balaban J connectivity index is 1.92. The van der Waals surface area contributed by atoms with Crippen molar-refractivity contribution < 1.29 is 14.9 Å². The molecule has 3 N–H and O–H groups in total. The molecule has 2 rings (SSSR count). The third kappa shape index (κ3) is 5.06. The fourth-order valence-corrected chi connectivity index (χ4v) is 2.55. The van der Waals surface area contributed by atoms with Gasteiger partial charge in [0.05, 0.1) is 25.8 Å². The molecular formula is C17H25N3O3. The van der Waals surface area contributed by atoms with E-state index in [1.54, 1.807) is 13.3 Å². The van der Waals surface area contributed by atoms with Crippen LogP contribution in [0.4, 0.5) is 5.69 Å². The lowest BCUT2D eigenvalue weighted by molar-refractivity contribution is 0.161. The molecule has 0 aliphatic rings. The van der Waals surface area contributed by atoms with Gasteiger partial charge in [-0.2, -0.15) is 0 Å². The molecule has 2 aromatic rings. The van der Waals surface area contributed by atoms with Gasteiger partial charge < -0.3 is 20.3 Å². The molecule has 0 aliphatic carbocycles. The van der Waals surface area contributed by atoms with Crippen LogP contribution in [0.2, 0.25) is 0 Å². The number of methoxy groups -OCH3 is 1. The van der Waals surface area contributed by atoms with Crippen LogP contribution in [0.3, 0.4) is 0 Å². The van der Waals surface area contributed by atoms with Crippen molar-refractivity contribution in [3.8, 4) is 5.75 Å². The molecule has 6 heteroatoms. The number of ether oxygens (including phenoxy) is 1. The van der Waals surface area contributed by atoms with Gasteiger partial charge in [-0.15, -0.1) is 0 Å². The number of aromatic nitrogens is 1. The number of fused-ring (bicyclic) bond motifs is 1. The highest BCUT2D eigenvalue weighted by Crippen LogP contribution is 2.25. The van der Waals surface area contributed by atoms with E-state index < -0.39 is 0 Å². The van der Waals surface area contributed by atoms with Crippen LogP contribution in [0, 0.1) is 0 Å². The topological polar surface area (TPSA) is 77.9 Å². The van der Waals surface area contributed by atoms with Gasteiger partial charge in [-0.05, 0) is 31.2 Å². The Bertz CT molecular complexity index is 601. The van der Waals surface area contributed by atoms with E-state index in [9.17, 15) is 0 Å². The first kappa shape index (κ1) is 17.5. The minimum atomic E-state index is 0.115. The molecule has 23 heavy (non-hydrogen) atoms. The number of pyridine rings is 1. The van der Waals surface area contributed by atoms with Gasteiger partial charge in [0.2, 0.25) is 0 Å². The van der Waals surface area contributed by atoms with E-state index in [1.807, 2.05) is 24.3 Å². The molecule has 0 bridgehead atoms. The molecule has 0 saturated carbocycles. The third-order valence-electron chi connectivity index (χ3n) is 3.75. The minimum Gasteiger partial charge on any atom is -0.497 e. The van der Waals surface area contributed by atoms with Gasteiger partial charge in [-0.3, -0.25) is 9.88 Å². The zero-order valence-corrected chi connectivity index (χ0v) is 13.5. The van der Waals surface area contributed by atoms with Gasteiger partial charge in [-0.1, -0.05) is 0 Å². The second-order valence-electron chi connectivity index (χ2n) is 5.31. The van der Waals surface area contributed by atoms with E-state index in [-0.39, 0.29) is 13.2 Å². The Labute approximate surface area is 136 Å². The molecule has 0 fully saturated rings. The Morgan fingerprint density at radius 3 is 2.61 bits per heavy atom. The fraction of sp³-hybridized carbons (Fsp3) is 0.471. The van der Waals surface area contributed by atoms with E-state index in [1.165, 1.54) is 0 Å². The zero-order valence-electron chi connectivity index (χ0n) is 13.5. The van der Waals surface area contributed by atoms with Crippen molar-refractivity contribution in [2.45, 2.75) is 6.42 Å². The normalized spacial score (nSPS) is 11.1. The summed E-state index contributed by atoms with van der Waals surface area (Å²) in [5, 5.41) is 22.5. The highest BCUT2D eigenvalue weighted by atomic mass is 16.5. The SMILES string of the molecule is COc1ccc2c(NCCCN(CCO)CCO)ccnc2c1. The van der Waals surface area contributed by atoms with Crippen molar-refractivity contribution in [3.05, 3.63) is 30.5 Å². The summed E-state index contributed by atoms with van der Waals surface area (Å²) < 4.78 is 5.23. The molecular weight excluding hydrogens is 294 g/mol. The molecule has 1 aromatic heterocycles. The van der Waals surface area contributed by atoms with E-state index >= 15 is 0 Å². The average molecular weight is 319 g/mol. The molecule has 0 amide bonds. The van der Waals surface area contributed by atoms with Crippen molar-refractivity contribution in [3.63, 3.8) is 0 Å². The van der Waals surface area contributed by atoms with Crippen LogP contribution in [0.5, 0.6) is 5.75 Å². The summed E-state index contributed by atoms with van der Waals surface area (Å²) in [6.07, 6.45) is 2.72. The first-order chi connectivity index (χ1) is 11.3. The molecule has 6 nitrogen and oxygen atoms in total. The number of aliphatic hydroxyl groups is 2. The van der Waals surface area contributed by atoms with Crippen molar-refractivity contribution in [1.82, 2.24) is 9.88 Å². The van der Waals surface area contributed by atoms with Crippen LogP contribution in [-0.4, -0.2) is 66.6 Å². The van der Waals surface area contributed by atoms with Crippen LogP contribution in [0.15, 0.2) is 30.5 Å². The second kappa shape index (κ2) is 9.29.